The van der Waals surface area contributed by atoms with E-state index in [0.717, 1.165) is 6.26 Å². The van der Waals surface area contributed by atoms with E-state index in [0.29, 0.717) is 0 Å². The lowest BCUT2D eigenvalue weighted by Gasteiger charge is -2.17. The third kappa shape index (κ3) is 9.41. The van der Waals surface area contributed by atoms with Crippen LogP contribution in [0.2, 0.25) is 0 Å². The van der Waals surface area contributed by atoms with Crippen molar-refractivity contribution in [3.8, 4) is 0 Å². The van der Waals surface area contributed by atoms with Crippen molar-refractivity contribution < 1.29 is 28.2 Å². The van der Waals surface area contributed by atoms with Crippen molar-refractivity contribution in [2.24, 2.45) is 0 Å². The SMILES string of the molecule is CS(=O)(=O)CCCN(CC(=O)O)CC(=O)O. The molecule has 0 fully saturated rings. The molecule has 0 spiro atoms. The quantitative estimate of drug-likeness (QED) is 0.564. The highest BCUT2D eigenvalue weighted by Crippen LogP contribution is 1.95. The summed E-state index contributed by atoms with van der Waals surface area (Å²) in [5.74, 6) is -2.36. The Morgan fingerprint density at radius 2 is 1.56 bits per heavy atom. The van der Waals surface area contributed by atoms with Gasteiger partial charge < -0.3 is 10.2 Å². The molecule has 0 atom stereocenters. The molecule has 0 radical (unpaired) electrons. The van der Waals surface area contributed by atoms with Gasteiger partial charge in [-0.15, -0.1) is 0 Å². The van der Waals surface area contributed by atoms with E-state index in [1.54, 1.807) is 0 Å². The number of carboxylic acids is 2. The zero-order valence-electron chi connectivity index (χ0n) is 8.92. The Balaban J connectivity index is 4.11. The van der Waals surface area contributed by atoms with Crippen LogP contribution < -0.4 is 0 Å². The first-order valence-electron chi connectivity index (χ1n) is 4.54. The largest absolute Gasteiger partial charge is 0.480 e. The van der Waals surface area contributed by atoms with Crippen molar-refractivity contribution in [1.82, 2.24) is 4.90 Å². The normalized spacial score (nSPS) is 11.6. The Morgan fingerprint density at radius 3 is 1.88 bits per heavy atom. The van der Waals surface area contributed by atoms with Crippen molar-refractivity contribution >= 4 is 21.8 Å². The predicted octanol–water partition coefficient (Wildman–Crippen LogP) is -1.11. The molecule has 2 N–H and O–H groups in total. The van der Waals surface area contributed by atoms with Gasteiger partial charge in [-0.05, 0) is 6.42 Å². The number of carbonyl (C=O) groups is 2. The summed E-state index contributed by atoms with van der Waals surface area (Å²) in [7, 11) is -3.10. The molecule has 0 aromatic rings. The molecule has 0 unspecified atom stereocenters. The maximum atomic E-state index is 10.8. The highest BCUT2D eigenvalue weighted by Gasteiger charge is 2.13. The minimum atomic E-state index is -3.10. The smallest absolute Gasteiger partial charge is 0.317 e. The molecular formula is C8H15NO6S. The lowest BCUT2D eigenvalue weighted by atomic mass is 10.4. The number of hydrogen-bond acceptors (Lipinski definition) is 5. The monoisotopic (exact) mass is 253 g/mol. The molecular weight excluding hydrogens is 238 g/mol. The Bertz CT molecular complexity index is 334. The molecule has 0 heterocycles. The van der Waals surface area contributed by atoms with E-state index in [1.165, 1.54) is 4.90 Å². The Kier molecular flexibility index (Phi) is 5.97. The molecule has 0 saturated heterocycles. The molecule has 0 aliphatic carbocycles. The van der Waals surface area contributed by atoms with Gasteiger partial charge in [0.25, 0.3) is 0 Å². The van der Waals surface area contributed by atoms with Gasteiger partial charge in [0, 0.05) is 12.8 Å². The van der Waals surface area contributed by atoms with E-state index in [1.807, 2.05) is 0 Å². The summed E-state index contributed by atoms with van der Waals surface area (Å²) in [4.78, 5) is 22.0. The van der Waals surface area contributed by atoms with E-state index in [2.05, 4.69) is 0 Å². The van der Waals surface area contributed by atoms with E-state index >= 15 is 0 Å². The van der Waals surface area contributed by atoms with Gasteiger partial charge in [0.2, 0.25) is 0 Å². The number of nitrogens with zero attached hydrogens (tertiary/aromatic N) is 1. The zero-order chi connectivity index (χ0) is 12.8. The fourth-order valence-electron chi connectivity index (χ4n) is 1.15. The van der Waals surface area contributed by atoms with E-state index in [4.69, 9.17) is 10.2 Å². The van der Waals surface area contributed by atoms with Crippen LogP contribution in [0.15, 0.2) is 0 Å². The summed E-state index contributed by atoms with van der Waals surface area (Å²) in [6, 6.07) is 0. The number of hydrogen-bond donors (Lipinski definition) is 2. The molecule has 0 aromatic carbocycles. The lowest BCUT2D eigenvalue weighted by Crippen LogP contribution is -2.35. The molecule has 7 nitrogen and oxygen atoms in total. The summed E-state index contributed by atoms with van der Waals surface area (Å²) in [5.41, 5.74) is 0. The van der Waals surface area contributed by atoms with E-state index < -0.39 is 34.9 Å². The highest BCUT2D eigenvalue weighted by atomic mass is 32.2. The molecule has 8 heteroatoms. The van der Waals surface area contributed by atoms with Crippen molar-refractivity contribution in [3.63, 3.8) is 0 Å². The van der Waals surface area contributed by atoms with Crippen LogP contribution >= 0.6 is 0 Å². The van der Waals surface area contributed by atoms with Crippen LogP contribution in [0, 0.1) is 0 Å². The van der Waals surface area contributed by atoms with Gasteiger partial charge in [0.15, 0.2) is 0 Å². The Hall–Kier alpha value is -1.15. The molecule has 0 rings (SSSR count). The third-order valence-corrected chi connectivity index (χ3v) is 2.74. The van der Waals surface area contributed by atoms with Gasteiger partial charge in [-0.25, -0.2) is 8.42 Å². The second kappa shape index (κ2) is 6.44. The molecule has 0 bridgehead atoms. The molecule has 0 aliphatic heterocycles. The minimum Gasteiger partial charge on any atom is -0.480 e. The van der Waals surface area contributed by atoms with Crippen LogP contribution in [0.4, 0.5) is 0 Å². The van der Waals surface area contributed by atoms with E-state index in [9.17, 15) is 18.0 Å². The van der Waals surface area contributed by atoms with Gasteiger partial charge >= 0.3 is 11.9 Å². The molecule has 0 saturated carbocycles. The van der Waals surface area contributed by atoms with Crippen LogP contribution in [0.1, 0.15) is 6.42 Å². The van der Waals surface area contributed by atoms with Crippen molar-refractivity contribution in [1.29, 1.82) is 0 Å². The first-order chi connectivity index (χ1) is 7.20. The number of rotatable bonds is 8. The summed E-state index contributed by atoms with van der Waals surface area (Å²) in [5, 5.41) is 17.0. The van der Waals surface area contributed by atoms with Gasteiger partial charge in [-0.2, -0.15) is 0 Å². The summed E-state index contributed by atoms with van der Waals surface area (Å²) in [6.07, 6.45) is 1.30. The van der Waals surface area contributed by atoms with Crippen LogP contribution in [0.3, 0.4) is 0 Å². The lowest BCUT2D eigenvalue weighted by molar-refractivity contribution is -0.141. The second-order valence-corrected chi connectivity index (χ2v) is 5.74. The molecule has 0 aromatic heterocycles. The topological polar surface area (TPSA) is 112 Å². The molecule has 0 aliphatic rings. The van der Waals surface area contributed by atoms with Crippen LogP contribution in [-0.4, -0.2) is 67.1 Å². The van der Waals surface area contributed by atoms with Crippen LogP contribution in [0.5, 0.6) is 0 Å². The fourth-order valence-corrected chi connectivity index (χ4v) is 1.80. The first kappa shape index (κ1) is 14.8. The van der Waals surface area contributed by atoms with E-state index in [-0.39, 0.29) is 18.7 Å². The highest BCUT2D eigenvalue weighted by molar-refractivity contribution is 7.90. The molecule has 94 valence electrons. The minimum absolute atomic E-state index is 0.0806. The van der Waals surface area contributed by atoms with Crippen LogP contribution in [0.25, 0.3) is 0 Å². The third-order valence-electron chi connectivity index (χ3n) is 1.71. The Morgan fingerprint density at radius 1 is 1.12 bits per heavy atom. The Labute approximate surface area is 93.6 Å². The van der Waals surface area contributed by atoms with Crippen molar-refractivity contribution in [2.45, 2.75) is 6.42 Å². The number of sulfone groups is 1. The average Bonchev–Trinajstić information content (AvgIpc) is 1.98. The zero-order valence-corrected chi connectivity index (χ0v) is 9.73. The first-order valence-corrected chi connectivity index (χ1v) is 6.60. The van der Waals surface area contributed by atoms with Crippen LogP contribution in [-0.2, 0) is 19.4 Å². The van der Waals surface area contributed by atoms with Crippen molar-refractivity contribution in [2.75, 3.05) is 31.6 Å². The second-order valence-electron chi connectivity index (χ2n) is 3.48. The fraction of sp³-hybridized carbons (Fsp3) is 0.750. The maximum absolute atomic E-state index is 10.8. The average molecular weight is 253 g/mol. The molecule has 16 heavy (non-hydrogen) atoms. The maximum Gasteiger partial charge on any atom is 0.317 e. The van der Waals surface area contributed by atoms with Gasteiger partial charge in [0.05, 0.1) is 18.8 Å². The van der Waals surface area contributed by atoms with Gasteiger partial charge in [-0.3, -0.25) is 14.5 Å². The predicted molar refractivity (Wildman–Crippen MR) is 56.0 cm³/mol. The number of aliphatic carboxylic acids is 2. The van der Waals surface area contributed by atoms with Crippen molar-refractivity contribution in [3.05, 3.63) is 0 Å². The summed E-state index contributed by atoms with van der Waals surface area (Å²) < 4.78 is 21.6. The van der Waals surface area contributed by atoms with Gasteiger partial charge in [0.1, 0.15) is 9.84 Å². The van der Waals surface area contributed by atoms with Gasteiger partial charge in [-0.1, -0.05) is 0 Å². The standard InChI is InChI=1S/C8H15NO6S/c1-16(14,15)4-2-3-9(5-7(10)11)6-8(12)13/h2-6H2,1H3,(H,10,11)(H,12,13). The summed E-state index contributed by atoms with van der Waals surface area (Å²) in [6.45, 7) is -0.683. The molecule has 0 amide bonds. The number of carboxylic acid groups (broad SMARTS) is 2. The summed E-state index contributed by atoms with van der Waals surface area (Å²) >= 11 is 0.